The van der Waals surface area contributed by atoms with Crippen LogP contribution >= 0.6 is 0 Å². The van der Waals surface area contributed by atoms with Crippen LogP contribution in [0.5, 0.6) is 11.5 Å². The second-order valence-corrected chi connectivity index (χ2v) is 5.82. The van der Waals surface area contributed by atoms with Crippen LogP contribution in [0.15, 0.2) is 48.5 Å². The topological polar surface area (TPSA) is 73.9 Å². The van der Waals surface area contributed by atoms with Crippen molar-refractivity contribution in [3.63, 3.8) is 0 Å². The molecule has 6 nitrogen and oxygen atoms in total. The Morgan fingerprint density at radius 3 is 2.48 bits per heavy atom. The fourth-order valence-electron chi connectivity index (χ4n) is 2.33. The number of nitrogens with one attached hydrogen (secondary N) is 1. The van der Waals surface area contributed by atoms with Crippen molar-refractivity contribution in [1.82, 2.24) is 0 Å². The summed E-state index contributed by atoms with van der Waals surface area (Å²) in [7, 11) is 3.09. The first-order valence-electron chi connectivity index (χ1n) is 8.41. The molecule has 27 heavy (non-hydrogen) atoms. The van der Waals surface area contributed by atoms with Gasteiger partial charge in [-0.05, 0) is 43.7 Å². The molecule has 0 bridgehead atoms. The van der Waals surface area contributed by atoms with Crippen molar-refractivity contribution < 1.29 is 23.8 Å². The van der Waals surface area contributed by atoms with E-state index in [1.54, 1.807) is 37.5 Å². The second kappa shape index (κ2) is 9.43. The lowest BCUT2D eigenvalue weighted by atomic mass is 10.1. The quantitative estimate of drug-likeness (QED) is 0.596. The molecule has 6 heteroatoms. The molecule has 2 aromatic carbocycles. The van der Waals surface area contributed by atoms with Crippen molar-refractivity contribution in [2.24, 2.45) is 0 Å². The SMILES string of the molecule is COc1ccc(/C=C/C(=O)O[C@@H](C)C(=O)Nc2ccccc2C)c(OC)c1. The van der Waals surface area contributed by atoms with E-state index in [0.29, 0.717) is 22.7 Å². The van der Waals surface area contributed by atoms with E-state index in [4.69, 9.17) is 14.2 Å². The molecule has 0 aromatic heterocycles. The van der Waals surface area contributed by atoms with Gasteiger partial charge in [0.2, 0.25) is 0 Å². The van der Waals surface area contributed by atoms with E-state index < -0.39 is 18.0 Å². The van der Waals surface area contributed by atoms with Crippen LogP contribution in [0.25, 0.3) is 6.08 Å². The molecule has 0 aliphatic rings. The average molecular weight is 369 g/mol. The van der Waals surface area contributed by atoms with Gasteiger partial charge in [-0.25, -0.2) is 4.79 Å². The maximum Gasteiger partial charge on any atom is 0.331 e. The largest absolute Gasteiger partial charge is 0.497 e. The van der Waals surface area contributed by atoms with Gasteiger partial charge in [0.1, 0.15) is 11.5 Å². The summed E-state index contributed by atoms with van der Waals surface area (Å²) in [5, 5.41) is 2.75. The van der Waals surface area contributed by atoms with Crippen LogP contribution in [0.4, 0.5) is 5.69 Å². The predicted octanol–water partition coefficient (Wildman–Crippen LogP) is 3.60. The number of esters is 1. The van der Waals surface area contributed by atoms with Crippen LogP contribution in [0.3, 0.4) is 0 Å². The minimum absolute atomic E-state index is 0.395. The average Bonchev–Trinajstić information content (AvgIpc) is 2.67. The summed E-state index contributed by atoms with van der Waals surface area (Å²) in [6.07, 6.45) is 1.88. The lowest BCUT2D eigenvalue weighted by Crippen LogP contribution is -2.29. The van der Waals surface area contributed by atoms with Crippen LogP contribution in [-0.4, -0.2) is 32.2 Å². The van der Waals surface area contributed by atoms with Gasteiger partial charge < -0.3 is 19.5 Å². The van der Waals surface area contributed by atoms with Gasteiger partial charge in [0.05, 0.1) is 14.2 Å². The molecule has 0 fully saturated rings. The fourth-order valence-corrected chi connectivity index (χ4v) is 2.33. The summed E-state index contributed by atoms with van der Waals surface area (Å²) in [6, 6.07) is 12.6. The van der Waals surface area contributed by atoms with Crippen LogP contribution in [0, 0.1) is 6.92 Å². The predicted molar refractivity (Wildman–Crippen MR) is 104 cm³/mol. The number of ether oxygens (including phenoxy) is 3. The van der Waals surface area contributed by atoms with Crippen molar-refractivity contribution in [2.45, 2.75) is 20.0 Å². The summed E-state index contributed by atoms with van der Waals surface area (Å²) in [5.41, 5.74) is 2.30. The molecule has 0 aliphatic heterocycles. The third kappa shape index (κ3) is 5.60. The molecule has 0 heterocycles. The number of hydrogen-bond acceptors (Lipinski definition) is 5. The summed E-state index contributed by atoms with van der Waals surface area (Å²) in [5.74, 6) is 0.185. The molecule has 0 saturated carbocycles. The molecule has 1 atom stereocenters. The van der Waals surface area contributed by atoms with E-state index in [0.717, 1.165) is 5.56 Å². The Hall–Kier alpha value is -3.28. The molecule has 2 rings (SSSR count). The van der Waals surface area contributed by atoms with E-state index in [2.05, 4.69) is 5.32 Å². The normalized spacial score (nSPS) is 11.7. The van der Waals surface area contributed by atoms with Crippen molar-refractivity contribution in [3.05, 3.63) is 59.7 Å². The van der Waals surface area contributed by atoms with Gasteiger partial charge in [-0.15, -0.1) is 0 Å². The zero-order valence-corrected chi connectivity index (χ0v) is 15.8. The van der Waals surface area contributed by atoms with Crippen LogP contribution in [0.1, 0.15) is 18.1 Å². The number of methoxy groups -OCH3 is 2. The number of rotatable bonds is 7. The lowest BCUT2D eigenvalue weighted by Gasteiger charge is -2.13. The molecule has 2 aromatic rings. The molecule has 0 aliphatic carbocycles. The van der Waals surface area contributed by atoms with Gasteiger partial charge >= 0.3 is 5.97 Å². The van der Waals surface area contributed by atoms with E-state index in [1.807, 2.05) is 25.1 Å². The molecular formula is C21H23NO5. The first-order valence-corrected chi connectivity index (χ1v) is 8.41. The van der Waals surface area contributed by atoms with E-state index >= 15 is 0 Å². The third-order valence-corrected chi connectivity index (χ3v) is 3.90. The second-order valence-electron chi connectivity index (χ2n) is 5.82. The van der Waals surface area contributed by atoms with Crippen molar-refractivity contribution in [3.8, 4) is 11.5 Å². The standard InChI is InChI=1S/C21H23NO5/c1-14-7-5-6-8-18(14)22-21(24)15(2)27-20(23)12-10-16-9-11-17(25-3)13-19(16)26-4/h5-13,15H,1-4H3,(H,22,24)/b12-10+/t15-/m0/s1. The van der Waals surface area contributed by atoms with Gasteiger partial charge in [-0.2, -0.15) is 0 Å². The Bertz CT molecular complexity index is 844. The van der Waals surface area contributed by atoms with Gasteiger partial charge in [0, 0.05) is 23.4 Å². The molecule has 142 valence electrons. The van der Waals surface area contributed by atoms with Crippen LogP contribution < -0.4 is 14.8 Å². The maximum absolute atomic E-state index is 12.2. The lowest BCUT2D eigenvalue weighted by molar-refractivity contribution is -0.148. The van der Waals surface area contributed by atoms with Crippen LogP contribution in [0.2, 0.25) is 0 Å². The molecular weight excluding hydrogens is 346 g/mol. The van der Waals surface area contributed by atoms with E-state index in [9.17, 15) is 9.59 Å². The highest BCUT2D eigenvalue weighted by atomic mass is 16.5. The number of carbonyl (C=O) groups is 2. The maximum atomic E-state index is 12.2. The molecule has 0 spiro atoms. The molecule has 1 amide bonds. The van der Waals surface area contributed by atoms with Crippen LogP contribution in [-0.2, 0) is 14.3 Å². The highest BCUT2D eigenvalue weighted by molar-refractivity contribution is 5.97. The van der Waals surface area contributed by atoms with E-state index in [-0.39, 0.29) is 0 Å². The highest BCUT2D eigenvalue weighted by Gasteiger charge is 2.17. The minimum atomic E-state index is -0.931. The molecule has 0 saturated heterocycles. The zero-order chi connectivity index (χ0) is 19.8. The number of hydrogen-bond donors (Lipinski definition) is 1. The monoisotopic (exact) mass is 369 g/mol. The smallest absolute Gasteiger partial charge is 0.331 e. The van der Waals surface area contributed by atoms with Crippen molar-refractivity contribution in [1.29, 1.82) is 0 Å². The fraction of sp³-hybridized carbons (Fsp3) is 0.238. The Kier molecular flexibility index (Phi) is 7.00. The summed E-state index contributed by atoms with van der Waals surface area (Å²) >= 11 is 0. The molecule has 1 N–H and O–H groups in total. The summed E-state index contributed by atoms with van der Waals surface area (Å²) < 4.78 is 15.6. The Morgan fingerprint density at radius 1 is 1.07 bits per heavy atom. The zero-order valence-electron chi connectivity index (χ0n) is 15.8. The van der Waals surface area contributed by atoms with Gasteiger partial charge in [0.15, 0.2) is 6.10 Å². The third-order valence-electron chi connectivity index (χ3n) is 3.90. The van der Waals surface area contributed by atoms with Gasteiger partial charge in [0.25, 0.3) is 5.91 Å². The van der Waals surface area contributed by atoms with Gasteiger partial charge in [-0.3, -0.25) is 4.79 Å². The van der Waals surface area contributed by atoms with Crippen molar-refractivity contribution >= 4 is 23.6 Å². The number of carbonyl (C=O) groups excluding carboxylic acids is 2. The highest BCUT2D eigenvalue weighted by Crippen LogP contribution is 2.25. The van der Waals surface area contributed by atoms with E-state index in [1.165, 1.54) is 20.1 Å². The molecule has 0 unspecified atom stereocenters. The Morgan fingerprint density at radius 2 is 1.81 bits per heavy atom. The number of aryl methyl sites for hydroxylation is 1. The Labute approximate surface area is 158 Å². The minimum Gasteiger partial charge on any atom is -0.497 e. The number of para-hydroxylation sites is 1. The number of benzene rings is 2. The molecule has 0 radical (unpaired) electrons. The number of anilines is 1. The number of amides is 1. The summed E-state index contributed by atoms with van der Waals surface area (Å²) in [6.45, 7) is 3.41. The Balaban J connectivity index is 1.97. The first-order chi connectivity index (χ1) is 12.9. The first kappa shape index (κ1) is 20.0. The summed E-state index contributed by atoms with van der Waals surface area (Å²) in [4.78, 5) is 24.2. The van der Waals surface area contributed by atoms with Crippen molar-refractivity contribution in [2.75, 3.05) is 19.5 Å². The van der Waals surface area contributed by atoms with Gasteiger partial charge in [-0.1, -0.05) is 18.2 Å².